The van der Waals surface area contributed by atoms with E-state index in [2.05, 4.69) is 21.3 Å². The van der Waals surface area contributed by atoms with Crippen LogP contribution in [0.1, 0.15) is 21.6 Å². The van der Waals surface area contributed by atoms with E-state index in [1.807, 2.05) is 56.6 Å². The minimum absolute atomic E-state index is 0.161. The molecule has 3 rings (SSSR count). The number of methoxy groups -OCH3 is 1. The number of nitrogens with one attached hydrogen (secondary N) is 1. The van der Waals surface area contributed by atoms with E-state index in [9.17, 15) is 4.79 Å². The first-order valence-corrected chi connectivity index (χ1v) is 9.54. The molecule has 0 spiro atoms. The Balaban J connectivity index is 1.66. The standard InChI is InChI=1S/C21H23N3O2S/c1-24(2)13-17-7-5-4-6-16(17)12-22-20(25)19-14-27-21(23-19)15-8-10-18(26-3)11-9-15/h4-11,14H,12-13H2,1-3H3,(H,22,25). The van der Waals surface area contributed by atoms with Crippen LogP contribution in [0.5, 0.6) is 5.75 Å². The lowest BCUT2D eigenvalue weighted by molar-refractivity contribution is 0.0946. The van der Waals surface area contributed by atoms with E-state index in [-0.39, 0.29) is 5.91 Å². The Kier molecular flexibility index (Phi) is 6.21. The summed E-state index contributed by atoms with van der Waals surface area (Å²) in [5, 5.41) is 5.59. The molecule has 5 nitrogen and oxygen atoms in total. The van der Waals surface area contributed by atoms with Crippen LogP contribution in [0, 0.1) is 0 Å². The Hall–Kier alpha value is -2.70. The second-order valence-corrected chi connectivity index (χ2v) is 7.31. The van der Waals surface area contributed by atoms with Crippen molar-refractivity contribution in [1.82, 2.24) is 15.2 Å². The zero-order valence-corrected chi connectivity index (χ0v) is 16.5. The number of thiazole rings is 1. The first-order valence-electron chi connectivity index (χ1n) is 8.66. The average molecular weight is 382 g/mol. The number of carbonyl (C=O) groups excluding carboxylic acids is 1. The van der Waals surface area contributed by atoms with E-state index in [4.69, 9.17) is 4.74 Å². The van der Waals surface area contributed by atoms with E-state index < -0.39 is 0 Å². The summed E-state index contributed by atoms with van der Waals surface area (Å²) in [7, 11) is 5.70. The SMILES string of the molecule is COc1ccc(-c2nc(C(=O)NCc3ccccc3CN(C)C)cs2)cc1. The maximum Gasteiger partial charge on any atom is 0.271 e. The van der Waals surface area contributed by atoms with Crippen molar-refractivity contribution in [1.29, 1.82) is 0 Å². The van der Waals surface area contributed by atoms with Gasteiger partial charge in [-0.2, -0.15) is 0 Å². The van der Waals surface area contributed by atoms with Crippen LogP contribution < -0.4 is 10.1 Å². The summed E-state index contributed by atoms with van der Waals surface area (Å²) in [5.41, 5.74) is 3.73. The third kappa shape index (κ3) is 4.93. The molecule has 0 aliphatic heterocycles. The van der Waals surface area contributed by atoms with Crippen LogP contribution in [0.2, 0.25) is 0 Å². The second-order valence-electron chi connectivity index (χ2n) is 6.46. The summed E-state index contributed by atoms with van der Waals surface area (Å²) < 4.78 is 5.17. The Morgan fingerprint density at radius 1 is 1.11 bits per heavy atom. The highest BCUT2D eigenvalue weighted by Gasteiger charge is 2.13. The van der Waals surface area contributed by atoms with Gasteiger partial charge in [-0.3, -0.25) is 4.79 Å². The van der Waals surface area contributed by atoms with E-state index in [0.29, 0.717) is 12.2 Å². The van der Waals surface area contributed by atoms with Gasteiger partial charge in [0, 0.05) is 24.0 Å². The Labute approximate surface area is 163 Å². The number of benzene rings is 2. The van der Waals surface area contributed by atoms with Crippen molar-refractivity contribution in [3.05, 3.63) is 70.7 Å². The van der Waals surface area contributed by atoms with Gasteiger partial charge >= 0.3 is 0 Å². The number of amides is 1. The predicted molar refractivity (Wildman–Crippen MR) is 109 cm³/mol. The molecule has 0 saturated carbocycles. The van der Waals surface area contributed by atoms with Gasteiger partial charge in [0.15, 0.2) is 0 Å². The molecule has 1 amide bonds. The quantitative estimate of drug-likeness (QED) is 0.676. The molecule has 0 aliphatic carbocycles. The molecule has 2 aromatic carbocycles. The Morgan fingerprint density at radius 2 is 1.81 bits per heavy atom. The maximum absolute atomic E-state index is 12.5. The number of ether oxygens (including phenoxy) is 1. The van der Waals surface area contributed by atoms with Crippen LogP contribution >= 0.6 is 11.3 Å². The third-order valence-corrected chi connectivity index (χ3v) is 5.01. The summed E-state index contributed by atoms with van der Waals surface area (Å²) in [6, 6.07) is 15.8. The van der Waals surface area contributed by atoms with E-state index in [1.54, 1.807) is 12.5 Å². The van der Waals surface area contributed by atoms with Crippen molar-refractivity contribution in [2.45, 2.75) is 13.1 Å². The first kappa shape index (κ1) is 19.1. The average Bonchev–Trinajstić information content (AvgIpc) is 3.17. The van der Waals surface area contributed by atoms with Crippen molar-refractivity contribution < 1.29 is 9.53 Å². The van der Waals surface area contributed by atoms with Crippen LogP contribution in [0.15, 0.2) is 53.9 Å². The molecule has 1 aromatic heterocycles. The molecule has 0 unspecified atom stereocenters. The topological polar surface area (TPSA) is 54.5 Å². The van der Waals surface area contributed by atoms with Crippen LogP contribution in [0.25, 0.3) is 10.6 Å². The summed E-state index contributed by atoms with van der Waals surface area (Å²) in [4.78, 5) is 19.1. The van der Waals surface area contributed by atoms with Crippen LogP contribution in [-0.4, -0.2) is 37.0 Å². The molecule has 1 N–H and O–H groups in total. The second kappa shape index (κ2) is 8.79. The number of rotatable bonds is 7. The molecule has 0 radical (unpaired) electrons. The zero-order chi connectivity index (χ0) is 19.2. The van der Waals surface area contributed by atoms with Crippen molar-refractivity contribution in [2.75, 3.05) is 21.2 Å². The molecule has 3 aromatic rings. The molecular weight excluding hydrogens is 358 g/mol. The van der Waals surface area contributed by atoms with Crippen molar-refractivity contribution >= 4 is 17.2 Å². The fraction of sp³-hybridized carbons (Fsp3) is 0.238. The van der Waals surface area contributed by atoms with Gasteiger partial charge in [0.05, 0.1) is 7.11 Å². The lowest BCUT2D eigenvalue weighted by atomic mass is 10.1. The Bertz CT molecular complexity index is 904. The summed E-state index contributed by atoms with van der Waals surface area (Å²) in [6.07, 6.45) is 0. The van der Waals surface area contributed by atoms with E-state index in [0.717, 1.165) is 28.4 Å². The lowest BCUT2D eigenvalue weighted by Crippen LogP contribution is -2.24. The highest BCUT2D eigenvalue weighted by atomic mass is 32.1. The minimum atomic E-state index is -0.161. The fourth-order valence-corrected chi connectivity index (χ4v) is 3.54. The van der Waals surface area contributed by atoms with E-state index >= 15 is 0 Å². The number of aromatic nitrogens is 1. The summed E-state index contributed by atoms with van der Waals surface area (Å²) >= 11 is 1.46. The molecular formula is C21H23N3O2S. The van der Waals surface area contributed by atoms with Gasteiger partial charge in [-0.05, 0) is 49.5 Å². The molecule has 0 aliphatic rings. The third-order valence-electron chi connectivity index (χ3n) is 4.12. The number of nitrogens with zero attached hydrogens (tertiary/aromatic N) is 2. The summed E-state index contributed by atoms with van der Waals surface area (Å²) in [5.74, 6) is 0.635. The zero-order valence-electron chi connectivity index (χ0n) is 15.7. The highest BCUT2D eigenvalue weighted by Crippen LogP contribution is 2.25. The monoisotopic (exact) mass is 381 g/mol. The van der Waals surface area contributed by atoms with Crippen LogP contribution in [0.3, 0.4) is 0 Å². The normalized spacial score (nSPS) is 10.8. The van der Waals surface area contributed by atoms with Crippen molar-refractivity contribution in [3.8, 4) is 16.3 Å². The number of hydrogen-bond acceptors (Lipinski definition) is 5. The van der Waals surface area contributed by atoms with Gasteiger partial charge in [0.2, 0.25) is 0 Å². The molecule has 0 fully saturated rings. The highest BCUT2D eigenvalue weighted by molar-refractivity contribution is 7.13. The molecule has 0 bridgehead atoms. The summed E-state index contributed by atoms with van der Waals surface area (Å²) in [6.45, 7) is 1.32. The maximum atomic E-state index is 12.5. The van der Waals surface area contributed by atoms with Crippen LogP contribution in [0.4, 0.5) is 0 Å². The van der Waals surface area contributed by atoms with Gasteiger partial charge in [-0.15, -0.1) is 11.3 Å². The van der Waals surface area contributed by atoms with Crippen molar-refractivity contribution in [2.24, 2.45) is 0 Å². The van der Waals surface area contributed by atoms with Gasteiger partial charge in [0.25, 0.3) is 5.91 Å². The van der Waals surface area contributed by atoms with E-state index in [1.165, 1.54) is 16.9 Å². The van der Waals surface area contributed by atoms with Gasteiger partial charge in [-0.1, -0.05) is 24.3 Å². The smallest absolute Gasteiger partial charge is 0.271 e. The van der Waals surface area contributed by atoms with Crippen molar-refractivity contribution in [3.63, 3.8) is 0 Å². The van der Waals surface area contributed by atoms with Gasteiger partial charge < -0.3 is 15.0 Å². The largest absolute Gasteiger partial charge is 0.497 e. The molecule has 0 saturated heterocycles. The molecule has 6 heteroatoms. The number of hydrogen-bond donors (Lipinski definition) is 1. The van der Waals surface area contributed by atoms with Gasteiger partial charge in [0.1, 0.15) is 16.5 Å². The fourth-order valence-electron chi connectivity index (χ4n) is 2.74. The molecule has 140 valence electrons. The lowest BCUT2D eigenvalue weighted by Gasteiger charge is -2.14. The molecule has 1 heterocycles. The molecule has 0 atom stereocenters. The first-order chi connectivity index (χ1) is 13.1. The van der Waals surface area contributed by atoms with Crippen LogP contribution in [-0.2, 0) is 13.1 Å². The molecule has 27 heavy (non-hydrogen) atoms. The van der Waals surface area contributed by atoms with Gasteiger partial charge in [-0.25, -0.2) is 4.98 Å². The predicted octanol–water partition coefficient (Wildman–Crippen LogP) is 3.81. The minimum Gasteiger partial charge on any atom is -0.497 e. The number of carbonyl (C=O) groups is 1. The Morgan fingerprint density at radius 3 is 2.48 bits per heavy atom.